The van der Waals surface area contributed by atoms with Gasteiger partial charge in [-0.3, -0.25) is 9.97 Å². The van der Waals surface area contributed by atoms with Gasteiger partial charge in [-0.1, -0.05) is 12.1 Å². The monoisotopic (exact) mass is 301 g/mol. The summed E-state index contributed by atoms with van der Waals surface area (Å²) < 4.78 is 0. The Kier molecular flexibility index (Phi) is 3.05. The molecule has 0 aliphatic rings. The number of H-pyrrole nitrogens is 1. The Morgan fingerprint density at radius 3 is 2.83 bits per heavy atom. The molecule has 0 saturated heterocycles. The van der Waals surface area contributed by atoms with Crippen LogP contribution in [0.4, 0.5) is 5.69 Å². The van der Waals surface area contributed by atoms with Gasteiger partial charge in [-0.25, -0.2) is 4.98 Å². The van der Waals surface area contributed by atoms with Crippen LogP contribution in [-0.2, 0) is 0 Å². The number of anilines is 1. The third-order valence-electron chi connectivity index (χ3n) is 3.76. The highest BCUT2D eigenvalue weighted by atomic mass is 14.9. The molecule has 23 heavy (non-hydrogen) atoms. The molecule has 3 N–H and O–H groups in total. The van der Waals surface area contributed by atoms with E-state index in [4.69, 9.17) is 5.73 Å². The van der Waals surface area contributed by atoms with Gasteiger partial charge in [0.15, 0.2) is 0 Å². The average molecular weight is 301 g/mol. The number of nitrogens with one attached hydrogen (secondary N) is 1. The minimum atomic E-state index is 0.650. The Bertz CT molecular complexity index is 1000. The van der Waals surface area contributed by atoms with Crippen molar-refractivity contribution in [2.45, 2.75) is 6.92 Å². The first-order chi connectivity index (χ1) is 11.2. The van der Waals surface area contributed by atoms with Gasteiger partial charge in [0.2, 0.25) is 0 Å². The summed E-state index contributed by atoms with van der Waals surface area (Å²) in [5.41, 5.74) is 12.0. The molecule has 112 valence electrons. The van der Waals surface area contributed by atoms with Crippen LogP contribution in [0.15, 0.2) is 55.0 Å². The van der Waals surface area contributed by atoms with Crippen molar-refractivity contribution in [3.63, 3.8) is 0 Å². The van der Waals surface area contributed by atoms with Crippen LogP contribution < -0.4 is 5.73 Å². The Morgan fingerprint density at radius 2 is 1.96 bits per heavy atom. The topological polar surface area (TPSA) is 80.5 Å². The number of hydrogen-bond donors (Lipinski definition) is 2. The Labute approximate surface area is 133 Å². The molecule has 0 aliphatic heterocycles. The lowest BCUT2D eigenvalue weighted by molar-refractivity contribution is 1.19. The summed E-state index contributed by atoms with van der Waals surface area (Å²) in [5, 5.41) is 0.994. The minimum absolute atomic E-state index is 0.650. The molecule has 0 spiro atoms. The molecule has 5 heteroatoms. The summed E-state index contributed by atoms with van der Waals surface area (Å²) in [5.74, 6) is 0. The fourth-order valence-corrected chi connectivity index (χ4v) is 2.69. The number of hydrogen-bond acceptors (Lipinski definition) is 4. The molecule has 4 rings (SSSR count). The van der Waals surface area contributed by atoms with Crippen LogP contribution in [-0.4, -0.2) is 19.9 Å². The Hall–Kier alpha value is -3.21. The van der Waals surface area contributed by atoms with Crippen molar-refractivity contribution in [2.24, 2.45) is 0 Å². The van der Waals surface area contributed by atoms with Gasteiger partial charge in [-0.15, -0.1) is 0 Å². The maximum Gasteiger partial charge on any atom is 0.0977 e. The predicted octanol–water partition coefficient (Wildman–Crippen LogP) is 3.58. The van der Waals surface area contributed by atoms with Crippen molar-refractivity contribution in [1.29, 1.82) is 0 Å². The van der Waals surface area contributed by atoms with E-state index in [-0.39, 0.29) is 0 Å². The first kappa shape index (κ1) is 13.5. The molecule has 0 unspecified atom stereocenters. The number of imidazole rings is 1. The van der Waals surface area contributed by atoms with Crippen molar-refractivity contribution < 1.29 is 0 Å². The molecular formula is C18H15N5. The largest absolute Gasteiger partial charge is 0.397 e. The third kappa shape index (κ3) is 2.42. The van der Waals surface area contributed by atoms with Crippen LogP contribution in [0.2, 0.25) is 0 Å². The third-order valence-corrected chi connectivity index (χ3v) is 3.76. The van der Waals surface area contributed by atoms with Crippen LogP contribution in [0.3, 0.4) is 0 Å². The number of aromatic nitrogens is 4. The second-order valence-electron chi connectivity index (χ2n) is 5.47. The van der Waals surface area contributed by atoms with Gasteiger partial charge >= 0.3 is 0 Å². The summed E-state index contributed by atoms with van der Waals surface area (Å²) in [4.78, 5) is 16.6. The second-order valence-corrected chi connectivity index (χ2v) is 5.47. The number of fused-ring (bicyclic) bond motifs is 1. The Morgan fingerprint density at radius 1 is 1.04 bits per heavy atom. The summed E-state index contributed by atoms with van der Waals surface area (Å²) in [6.07, 6.45) is 3.36. The van der Waals surface area contributed by atoms with Crippen molar-refractivity contribution >= 4 is 16.6 Å². The van der Waals surface area contributed by atoms with Gasteiger partial charge in [0.05, 0.1) is 40.8 Å². The highest BCUT2D eigenvalue weighted by Gasteiger charge is 2.12. The molecule has 0 atom stereocenters. The molecule has 0 aliphatic carbocycles. The SMILES string of the molecule is Cc1cccc(-c2[nH]cnc2-c2ccc3ncc(N)cc3c2)n1. The highest BCUT2D eigenvalue weighted by Crippen LogP contribution is 2.30. The van der Waals surface area contributed by atoms with E-state index in [1.807, 2.05) is 49.4 Å². The van der Waals surface area contributed by atoms with Crippen LogP contribution in [0.1, 0.15) is 5.69 Å². The van der Waals surface area contributed by atoms with E-state index >= 15 is 0 Å². The summed E-state index contributed by atoms with van der Waals surface area (Å²) in [6, 6.07) is 13.9. The first-order valence-electron chi connectivity index (χ1n) is 7.34. The van der Waals surface area contributed by atoms with Gasteiger partial charge in [0, 0.05) is 16.6 Å². The molecule has 1 aromatic carbocycles. The zero-order chi connectivity index (χ0) is 15.8. The molecule has 5 nitrogen and oxygen atoms in total. The van der Waals surface area contributed by atoms with E-state index in [2.05, 4.69) is 19.9 Å². The van der Waals surface area contributed by atoms with E-state index in [0.717, 1.165) is 39.2 Å². The van der Waals surface area contributed by atoms with Crippen LogP contribution >= 0.6 is 0 Å². The van der Waals surface area contributed by atoms with Crippen molar-refractivity contribution in [2.75, 3.05) is 5.73 Å². The second kappa shape index (κ2) is 5.21. The first-order valence-corrected chi connectivity index (χ1v) is 7.34. The van der Waals surface area contributed by atoms with Gasteiger partial charge < -0.3 is 10.7 Å². The Balaban J connectivity index is 1.87. The fraction of sp³-hybridized carbons (Fsp3) is 0.0556. The average Bonchev–Trinajstić information content (AvgIpc) is 3.03. The van der Waals surface area contributed by atoms with Crippen molar-refractivity contribution in [1.82, 2.24) is 19.9 Å². The summed E-state index contributed by atoms with van der Waals surface area (Å²) in [6.45, 7) is 1.98. The van der Waals surface area contributed by atoms with Crippen molar-refractivity contribution in [3.8, 4) is 22.6 Å². The fourth-order valence-electron chi connectivity index (χ4n) is 2.69. The van der Waals surface area contributed by atoms with Crippen LogP contribution in [0.5, 0.6) is 0 Å². The number of nitrogens with zero attached hydrogens (tertiary/aromatic N) is 3. The maximum absolute atomic E-state index is 5.84. The molecule has 0 saturated carbocycles. The molecule has 3 aromatic heterocycles. The van der Waals surface area contributed by atoms with Gasteiger partial charge in [-0.05, 0) is 37.3 Å². The number of nitrogens with two attached hydrogens (primary N) is 1. The summed E-state index contributed by atoms with van der Waals surface area (Å²) in [7, 11) is 0. The zero-order valence-electron chi connectivity index (χ0n) is 12.6. The van der Waals surface area contributed by atoms with Gasteiger partial charge in [-0.2, -0.15) is 0 Å². The number of nitrogen functional groups attached to an aromatic ring is 1. The molecule has 0 fully saturated rings. The molecule has 4 aromatic rings. The number of aryl methyl sites for hydroxylation is 1. The van der Waals surface area contributed by atoms with E-state index in [1.165, 1.54) is 0 Å². The van der Waals surface area contributed by atoms with Gasteiger partial charge in [0.1, 0.15) is 0 Å². The maximum atomic E-state index is 5.84. The summed E-state index contributed by atoms with van der Waals surface area (Å²) >= 11 is 0. The number of benzene rings is 1. The van der Waals surface area contributed by atoms with Gasteiger partial charge in [0.25, 0.3) is 0 Å². The van der Waals surface area contributed by atoms with Crippen LogP contribution in [0, 0.1) is 6.92 Å². The highest BCUT2D eigenvalue weighted by molar-refractivity contribution is 5.88. The van der Waals surface area contributed by atoms with Crippen molar-refractivity contribution in [3.05, 3.63) is 60.7 Å². The quantitative estimate of drug-likeness (QED) is 0.593. The minimum Gasteiger partial charge on any atom is -0.397 e. The van der Waals surface area contributed by atoms with E-state index in [0.29, 0.717) is 5.69 Å². The molecule has 0 bridgehead atoms. The zero-order valence-corrected chi connectivity index (χ0v) is 12.6. The molecule has 3 heterocycles. The van der Waals surface area contributed by atoms with E-state index in [9.17, 15) is 0 Å². The van der Waals surface area contributed by atoms with E-state index < -0.39 is 0 Å². The normalized spacial score (nSPS) is 11.0. The lowest BCUT2D eigenvalue weighted by Gasteiger charge is -2.05. The molecular weight excluding hydrogens is 286 g/mol. The van der Waals surface area contributed by atoms with Crippen LogP contribution in [0.25, 0.3) is 33.5 Å². The molecule has 0 radical (unpaired) electrons. The number of pyridine rings is 2. The standard InChI is InChI=1S/C18H15N5/c1-11-3-2-4-16(23-11)18-17(21-10-22-18)12-5-6-15-13(7-12)8-14(19)9-20-15/h2-10H,19H2,1H3,(H,21,22). The number of rotatable bonds is 2. The number of aromatic amines is 1. The lowest BCUT2D eigenvalue weighted by atomic mass is 10.1. The molecule has 0 amide bonds. The smallest absolute Gasteiger partial charge is 0.0977 e. The predicted molar refractivity (Wildman–Crippen MR) is 91.7 cm³/mol. The lowest BCUT2D eigenvalue weighted by Crippen LogP contribution is -1.90. The van der Waals surface area contributed by atoms with E-state index in [1.54, 1.807) is 12.5 Å².